The quantitative estimate of drug-likeness (QED) is 0.593. The lowest BCUT2D eigenvalue weighted by atomic mass is 10.1. The van der Waals surface area contributed by atoms with Crippen LogP contribution in [0.15, 0.2) is 23.4 Å². The number of alkyl halides is 3. The van der Waals surface area contributed by atoms with Crippen molar-refractivity contribution in [2.45, 2.75) is 24.3 Å². The van der Waals surface area contributed by atoms with Crippen molar-refractivity contribution in [2.75, 3.05) is 18.4 Å². The van der Waals surface area contributed by atoms with E-state index in [1.165, 1.54) is 0 Å². The number of ether oxygens (including phenoxy) is 2. The summed E-state index contributed by atoms with van der Waals surface area (Å²) in [6.45, 7) is 1.92. The molecule has 0 saturated carbocycles. The third-order valence-corrected chi connectivity index (χ3v) is 4.47. The summed E-state index contributed by atoms with van der Waals surface area (Å²) in [6, 6.07) is 4.95. The number of benzene rings is 1. The molecular formula is C14H14F3N5O3S. The number of halogens is 3. The number of fused-ring (bicyclic) bond motifs is 1. The SMILES string of the molecule is C[C@@H](NC(=O)CSc1nnc(C(F)(F)F)n1N)c1ccc2c(c1)OCO2. The molecule has 1 aliphatic rings. The molecule has 12 heteroatoms. The second-order valence-electron chi connectivity index (χ2n) is 5.36. The van der Waals surface area contributed by atoms with Crippen molar-refractivity contribution >= 4 is 17.7 Å². The molecule has 0 fully saturated rings. The summed E-state index contributed by atoms with van der Waals surface area (Å²) >= 11 is 0.757. The zero-order chi connectivity index (χ0) is 18.9. The van der Waals surface area contributed by atoms with E-state index in [-0.39, 0.29) is 23.7 Å². The van der Waals surface area contributed by atoms with Gasteiger partial charge >= 0.3 is 6.18 Å². The van der Waals surface area contributed by atoms with E-state index in [4.69, 9.17) is 15.3 Å². The van der Waals surface area contributed by atoms with Gasteiger partial charge in [-0.05, 0) is 24.6 Å². The first-order valence-electron chi connectivity index (χ1n) is 7.35. The van der Waals surface area contributed by atoms with Gasteiger partial charge in [-0.25, -0.2) is 4.68 Å². The van der Waals surface area contributed by atoms with E-state index < -0.39 is 17.9 Å². The van der Waals surface area contributed by atoms with E-state index >= 15 is 0 Å². The smallest absolute Gasteiger partial charge is 0.453 e. The molecule has 8 nitrogen and oxygen atoms in total. The molecule has 3 rings (SSSR count). The predicted molar refractivity (Wildman–Crippen MR) is 85.0 cm³/mol. The van der Waals surface area contributed by atoms with Crippen molar-refractivity contribution in [3.63, 3.8) is 0 Å². The molecule has 1 amide bonds. The lowest BCUT2D eigenvalue weighted by Crippen LogP contribution is -2.28. The molecule has 1 aliphatic heterocycles. The molecule has 3 N–H and O–H groups in total. The van der Waals surface area contributed by atoms with Crippen LogP contribution in [-0.4, -0.2) is 33.3 Å². The Kier molecular flexibility index (Phi) is 4.85. The van der Waals surface area contributed by atoms with E-state index in [1.54, 1.807) is 25.1 Å². The molecule has 2 heterocycles. The third kappa shape index (κ3) is 3.79. The molecule has 0 aliphatic carbocycles. The highest BCUT2D eigenvalue weighted by Crippen LogP contribution is 2.34. The van der Waals surface area contributed by atoms with Crippen LogP contribution in [0, 0.1) is 0 Å². The van der Waals surface area contributed by atoms with Gasteiger partial charge in [-0.1, -0.05) is 17.8 Å². The Morgan fingerprint density at radius 3 is 2.81 bits per heavy atom. The first-order chi connectivity index (χ1) is 12.3. The Hall–Kier alpha value is -2.63. The summed E-state index contributed by atoms with van der Waals surface area (Å²) in [5, 5.41) is 8.87. The van der Waals surface area contributed by atoms with Crippen molar-refractivity contribution in [2.24, 2.45) is 0 Å². The van der Waals surface area contributed by atoms with Gasteiger partial charge < -0.3 is 20.6 Å². The normalized spacial score (nSPS) is 14.3. The van der Waals surface area contributed by atoms with Crippen LogP contribution in [-0.2, 0) is 11.0 Å². The van der Waals surface area contributed by atoms with E-state index in [0.29, 0.717) is 16.2 Å². The second kappa shape index (κ2) is 6.94. The number of rotatable bonds is 5. The summed E-state index contributed by atoms with van der Waals surface area (Å²) in [4.78, 5) is 12.0. The topological polar surface area (TPSA) is 104 Å². The standard InChI is InChI=1S/C14H14F3N5O3S/c1-7(8-2-3-9-10(4-8)25-6-24-9)19-11(23)5-26-13-21-20-12(22(13)18)14(15,16)17/h2-4,7H,5-6,18H2,1H3,(H,19,23)/t7-/m1/s1. The Morgan fingerprint density at radius 2 is 2.12 bits per heavy atom. The summed E-state index contributed by atoms with van der Waals surface area (Å²) in [5.74, 6) is 4.65. The van der Waals surface area contributed by atoms with Gasteiger partial charge in [0.15, 0.2) is 11.5 Å². The summed E-state index contributed by atoms with van der Waals surface area (Å²) in [5.41, 5.74) is 0.800. The monoisotopic (exact) mass is 389 g/mol. The number of thioether (sulfide) groups is 1. The minimum atomic E-state index is -4.71. The molecule has 1 aromatic carbocycles. The molecular weight excluding hydrogens is 375 g/mol. The zero-order valence-electron chi connectivity index (χ0n) is 13.4. The van der Waals surface area contributed by atoms with E-state index in [9.17, 15) is 18.0 Å². The fraction of sp³-hybridized carbons (Fsp3) is 0.357. The summed E-state index contributed by atoms with van der Waals surface area (Å²) < 4.78 is 48.6. The van der Waals surface area contributed by atoms with Crippen LogP contribution in [0.5, 0.6) is 11.5 Å². The number of nitrogen functional groups attached to an aromatic ring is 1. The predicted octanol–water partition coefficient (Wildman–Crippen LogP) is 1.71. The number of nitrogens with zero attached hydrogens (tertiary/aromatic N) is 3. The van der Waals surface area contributed by atoms with Gasteiger partial charge in [-0.3, -0.25) is 4.79 Å². The zero-order valence-corrected chi connectivity index (χ0v) is 14.2. The molecule has 0 spiro atoms. The van der Waals surface area contributed by atoms with E-state index in [1.807, 2.05) is 0 Å². The Morgan fingerprint density at radius 1 is 1.38 bits per heavy atom. The minimum absolute atomic E-state index is 0.149. The highest BCUT2D eigenvalue weighted by molar-refractivity contribution is 7.99. The number of nitrogens with two attached hydrogens (primary N) is 1. The van der Waals surface area contributed by atoms with Crippen molar-refractivity contribution in [1.82, 2.24) is 20.2 Å². The van der Waals surface area contributed by atoms with Crippen LogP contribution >= 0.6 is 11.8 Å². The van der Waals surface area contributed by atoms with Crippen LogP contribution in [0.1, 0.15) is 24.4 Å². The van der Waals surface area contributed by atoms with E-state index in [0.717, 1.165) is 17.3 Å². The van der Waals surface area contributed by atoms with Gasteiger partial charge in [0, 0.05) is 0 Å². The van der Waals surface area contributed by atoms with Crippen LogP contribution < -0.4 is 20.6 Å². The van der Waals surface area contributed by atoms with Crippen molar-refractivity contribution < 1.29 is 27.4 Å². The molecule has 0 unspecified atom stereocenters. The fourth-order valence-electron chi connectivity index (χ4n) is 2.25. The fourth-order valence-corrected chi connectivity index (χ4v) is 2.92. The first kappa shape index (κ1) is 18.2. The minimum Gasteiger partial charge on any atom is -0.454 e. The lowest BCUT2D eigenvalue weighted by molar-refractivity contribution is -0.146. The van der Waals surface area contributed by atoms with Gasteiger partial charge in [0.1, 0.15) is 0 Å². The first-order valence-corrected chi connectivity index (χ1v) is 8.33. The molecule has 0 radical (unpaired) electrons. The van der Waals surface area contributed by atoms with Gasteiger partial charge in [0.25, 0.3) is 5.82 Å². The number of hydrogen-bond donors (Lipinski definition) is 2. The maximum absolute atomic E-state index is 12.6. The maximum atomic E-state index is 12.6. The summed E-state index contributed by atoms with van der Waals surface area (Å²) in [6.07, 6.45) is -4.71. The average Bonchev–Trinajstić information content (AvgIpc) is 3.17. The van der Waals surface area contributed by atoms with Gasteiger partial charge in [-0.2, -0.15) is 13.2 Å². The maximum Gasteiger partial charge on any atom is 0.453 e. The Bertz CT molecular complexity index is 827. The second-order valence-corrected chi connectivity index (χ2v) is 6.31. The van der Waals surface area contributed by atoms with Gasteiger partial charge in [0.2, 0.25) is 17.9 Å². The number of amides is 1. The highest BCUT2D eigenvalue weighted by Gasteiger charge is 2.38. The lowest BCUT2D eigenvalue weighted by Gasteiger charge is -2.14. The molecule has 0 saturated heterocycles. The Balaban J connectivity index is 1.57. The third-order valence-electron chi connectivity index (χ3n) is 3.52. The molecule has 26 heavy (non-hydrogen) atoms. The molecule has 140 valence electrons. The van der Waals surface area contributed by atoms with Crippen LogP contribution in [0.4, 0.5) is 13.2 Å². The largest absolute Gasteiger partial charge is 0.454 e. The number of nitrogens with one attached hydrogen (secondary N) is 1. The number of hydrogen-bond acceptors (Lipinski definition) is 7. The molecule has 0 bridgehead atoms. The highest BCUT2D eigenvalue weighted by atomic mass is 32.2. The van der Waals surface area contributed by atoms with Crippen LogP contribution in [0.2, 0.25) is 0 Å². The number of carbonyl (C=O) groups is 1. The average molecular weight is 389 g/mol. The van der Waals surface area contributed by atoms with Gasteiger partial charge in [-0.15, -0.1) is 10.2 Å². The van der Waals surface area contributed by atoms with Crippen molar-refractivity contribution in [3.8, 4) is 11.5 Å². The molecule has 1 atom stereocenters. The molecule has 1 aromatic heterocycles. The Labute approximate surface area is 149 Å². The summed E-state index contributed by atoms with van der Waals surface area (Å²) in [7, 11) is 0. The van der Waals surface area contributed by atoms with Crippen molar-refractivity contribution in [1.29, 1.82) is 0 Å². The number of carbonyl (C=O) groups excluding carboxylic acids is 1. The van der Waals surface area contributed by atoms with Gasteiger partial charge in [0.05, 0.1) is 11.8 Å². The van der Waals surface area contributed by atoms with Crippen LogP contribution in [0.3, 0.4) is 0 Å². The van der Waals surface area contributed by atoms with E-state index in [2.05, 4.69) is 15.5 Å². The van der Waals surface area contributed by atoms with Crippen LogP contribution in [0.25, 0.3) is 0 Å². The molecule has 2 aromatic rings. The number of aromatic nitrogens is 3. The van der Waals surface area contributed by atoms with Crippen molar-refractivity contribution in [3.05, 3.63) is 29.6 Å².